The first-order valence-corrected chi connectivity index (χ1v) is 9.53. The molecule has 0 aliphatic carbocycles. The van der Waals surface area contributed by atoms with Gasteiger partial charge >= 0.3 is 5.97 Å². The van der Waals surface area contributed by atoms with Crippen LogP contribution in [-0.2, 0) is 17.9 Å². The minimum atomic E-state index is -0.924. The molecular weight excluding hydrogens is 417 g/mol. The number of amides is 1. The number of carbonyl (C=O) groups excluding carboxylic acids is 1. The molecule has 0 spiro atoms. The first-order valence-electron chi connectivity index (χ1n) is 8.78. The molecule has 0 saturated heterocycles. The van der Waals surface area contributed by atoms with Crippen LogP contribution in [0.25, 0.3) is 0 Å². The van der Waals surface area contributed by atoms with E-state index in [4.69, 9.17) is 28.3 Å². The van der Waals surface area contributed by atoms with Gasteiger partial charge in [-0.05, 0) is 31.5 Å². The topological polar surface area (TPSA) is 102 Å². The number of carboxylic acids is 1. The van der Waals surface area contributed by atoms with Gasteiger partial charge in [0, 0.05) is 6.20 Å². The number of hydrogen-bond acceptors (Lipinski definition) is 4. The van der Waals surface area contributed by atoms with Crippen molar-refractivity contribution < 1.29 is 14.7 Å². The maximum absolute atomic E-state index is 12.6. The molecule has 3 aromatic rings. The van der Waals surface area contributed by atoms with Gasteiger partial charge in [0.1, 0.15) is 0 Å². The van der Waals surface area contributed by atoms with Gasteiger partial charge in [-0.2, -0.15) is 10.2 Å². The Bertz CT molecular complexity index is 1070. The highest BCUT2D eigenvalue weighted by Crippen LogP contribution is 2.25. The van der Waals surface area contributed by atoms with E-state index in [2.05, 4.69) is 15.5 Å². The van der Waals surface area contributed by atoms with E-state index >= 15 is 0 Å². The van der Waals surface area contributed by atoms with Crippen LogP contribution in [0.5, 0.6) is 0 Å². The molecule has 0 atom stereocenters. The second-order valence-electron chi connectivity index (χ2n) is 6.54. The smallest absolute Gasteiger partial charge is 0.305 e. The molecule has 0 aliphatic heterocycles. The Morgan fingerprint density at radius 1 is 1.21 bits per heavy atom. The average Bonchev–Trinajstić information content (AvgIpc) is 3.24. The fraction of sp³-hybridized carbons (Fsp3) is 0.263. The van der Waals surface area contributed by atoms with Crippen LogP contribution in [0.1, 0.15) is 33.7 Å². The first-order chi connectivity index (χ1) is 13.7. The van der Waals surface area contributed by atoms with E-state index in [-0.39, 0.29) is 18.9 Å². The van der Waals surface area contributed by atoms with Crippen molar-refractivity contribution in [3.05, 3.63) is 63.2 Å². The summed E-state index contributed by atoms with van der Waals surface area (Å²) < 4.78 is 3.21. The molecule has 0 radical (unpaired) electrons. The molecule has 2 aromatic heterocycles. The van der Waals surface area contributed by atoms with Crippen molar-refractivity contribution >= 4 is 40.8 Å². The Morgan fingerprint density at radius 3 is 2.66 bits per heavy atom. The predicted octanol–water partition coefficient (Wildman–Crippen LogP) is 3.78. The lowest BCUT2D eigenvalue weighted by Crippen LogP contribution is -2.13. The number of aliphatic carboxylic acids is 1. The SMILES string of the molecule is Cc1nn(Cc2ccc(Cl)c(Cl)c2)c(C)c1NC(=O)c1cnn(CCC(=O)O)c1. The van der Waals surface area contributed by atoms with Crippen LogP contribution in [0.2, 0.25) is 10.0 Å². The Hall–Kier alpha value is -2.84. The number of halogens is 2. The van der Waals surface area contributed by atoms with E-state index < -0.39 is 5.97 Å². The van der Waals surface area contributed by atoms with Crippen molar-refractivity contribution in [3.8, 4) is 0 Å². The number of nitrogens with zero attached hydrogens (tertiary/aromatic N) is 4. The largest absolute Gasteiger partial charge is 0.481 e. The van der Waals surface area contributed by atoms with E-state index in [1.54, 1.807) is 16.8 Å². The number of hydrogen-bond donors (Lipinski definition) is 2. The first kappa shape index (κ1) is 20.9. The summed E-state index contributed by atoms with van der Waals surface area (Å²) in [7, 11) is 0. The zero-order valence-electron chi connectivity index (χ0n) is 15.8. The summed E-state index contributed by atoms with van der Waals surface area (Å²) >= 11 is 12.0. The van der Waals surface area contributed by atoms with Crippen molar-refractivity contribution in [1.29, 1.82) is 0 Å². The molecule has 0 saturated carbocycles. The standard InChI is InChI=1S/C19H19Cl2N5O3/c1-11-18(23-19(29)14-8-22-25(10-14)6-5-17(27)28)12(2)26(24-11)9-13-3-4-15(20)16(21)7-13/h3-4,7-8,10H,5-6,9H2,1-2H3,(H,23,29)(H,27,28). The highest BCUT2D eigenvalue weighted by molar-refractivity contribution is 6.42. The number of anilines is 1. The highest BCUT2D eigenvalue weighted by Gasteiger charge is 2.17. The maximum Gasteiger partial charge on any atom is 0.305 e. The molecule has 10 heteroatoms. The minimum absolute atomic E-state index is 0.0670. The Balaban J connectivity index is 1.73. The summed E-state index contributed by atoms with van der Waals surface area (Å²) in [5.41, 5.74) is 3.36. The van der Waals surface area contributed by atoms with Crippen LogP contribution in [0, 0.1) is 13.8 Å². The van der Waals surface area contributed by atoms with E-state index in [1.165, 1.54) is 17.1 Å². The Morgan fingerprint density at radius 2 is 1.97 bits per heavy atom. The molecule has 0 aliphatic rings. The summed E-state index contributed by atoms with van der Waals surface area (Å²) in [5, 5.41) is 21.1. The quantitative estimate of drug-likeness (QED) is 0.587. The van der Waals surface area contributed by atoms with Crippen molar-refractivity contribution in [2.45, 2.75) is 33.4 Å². The third kappa shape index (κ3) is 4.96. The monoisotopic (exact) mass is 435 g/mol. The lowest BCUT2D eigenvalue weighted by Gasteiger charge is -2.07. The summed E-state index contributed by atoms with van der Waals surface area (Å²) in [4.78, 5) is 23.2. The van der Waals surface area contributed by atoms with Gasteiger partial charge in [-0.1, -0.05) is 29.3 Å². The van der Waals surface area contributed by atoms with Crippen molar-refractivity contribution in [1.82, 2.24) is 19.6 Å². The van der Waals surface area contributed by atoms with E-state index in [9.17, 15) is 9.59 Å². The number of nitrogens with one attached hydrogen (secondary N) is 1. The number of benzene rings is 1. The molecule has 1 amide bonds. The zero-order valence-corrected chi connectivity index (χ0v) is 17.3. The van der Waals surface area contributed by atoms with Gasteiger partial charge in [0.25, 0.3) is 5.91 Å². The fourth-order valence-electron chi connectivity index (χ4n) is 2.84. The maximum atomic E-state index is 12.6. The zero-order chi connectivity index (χ0) is 21.1. The molecule has 0 fully saturated rings. The van der Waals surface area contributed by atoms with Crippen LogP contribution in [0.15, 0.2) is 30.6 Å². The van der Waals surface area contributed by atoms with E-state index in [0.717, 1.165) is 11.3 Å². The molecule has 2 N–H and O–H groups in total. The van der Waals surface area contributed by atoms with Crippen molar-refractivity contribution in [2.75, 3.05) is 5.32 Å². The Labute approximate surface area is 177 Å². The molecule has 152 valence electrons. The van der Waals surface area contributed by atoms with E-state index in [0.29, 0.717) is 33.5 Å². The lowest BCUT2D eigenvalue weighted by molar-refractivity contribution is -0.137. The molecule has 2 heterocycles. The third-order valence-electron chi connectivity index (χ3n) is 4.39. The van der Waals surface area contributed by atoms with Crippen LogP contribution in [-0.4, -0.2) is 36.5 Å². The number of aromatic nitrogens is 4. The summed E-state index contributed by atoms with van der Waals surface area (Å²) in [6.45, 7) is 4.35. The molecule has 1 aromatic carbocycles. The number of carbonyl (C=O) groups is 2. The molecule has 29 heavy (non-hydrogen) atoms. The van der Waals surface area contributed by atoms with Gasteiger partial charge in [0.05, 0.1) is 58.4 Å². The highest BCUT2D eigenvalue weighted by atomic mass is 35.5. The molecule has 0 bridgehead atoms. The summed E-state index contributed by atoms with van der Waals surface area (Å²) in [5.74, 6) is -1.26. The van der Waals surface area contributed by atoms with Gasteiger partial charge in [-0.15, -0.1) is 0 Å². The second kappa shape index (κ2) is 8.67. The van der Waals surface area contributed by atoms with Gasteiger partial charge in [0.2, 0.25) is 0 Å². The number of rotatable bonds is 7. The van der Waals surface area contributed by atoms with Crippen molar-refractivity contribution in [3.63, 3.8) is 0 Å². The van der Waals surface area contributed by atoms with Gasteiger partial charge in [-0.3, -0.25) is 19.0 Å². The third-order valence-corrected chi connectivity index (χ3v) is 5.13. The normalized spacial score (nSPS) is 10.9. The number of aryl methyl sites for hydroxylation is 2. The molecular formula is C19H19Cl2N5O3. The number of carboxylic acid groups (broad SMARTS) is 1. The summed E-state index contributed by atoms with van der Waals surface area (Å²) in [6, 6.07) is 5.38. The minimum Gasteiger partial charge on any atom is -0.481 e. The fourth-order valence-corrected chi connectivity index (χ4v) is 3.16. The summed E-state index contributed by atoms with van der Waals surface area (Å²) in [6.07, 6.45) is 2.85. The Kier molecular flexibility index (Phi) is 6.24. The van der Waals surface area contributed by atoms with Crippen LogP contribution in [0.4, 0.5) is 5.69 Å². The molecule has 0 unspecified atom stereocenters. The van der Waals surface area contributed by atoms with Crippen molar-refractivity contribution in [2.24, 2.45) is 0 Å². The van der Waals surface area contributed by atoms with Crippen LogP contribution < -0.4 is 5.32 Å². The second-order valence-corrected chi connectivity index (χ2v) is 7.36. The average molecular weight is 436 g/mol. The van der Waals surface area contributed by atoms with Gasteiger partial charge in [-0.25, -0.2) is 0 Å². The van der Waals surface area contributed by atoms with Gasteiger partial charge < -0.3 is 10.4 Å². The molecule has 8 nitrogen and oxygen atoms in total. The van der Waals surface area contributed by atoms with Crippen LogP contribution in [0.3, 0.4) is 0 Å². The predicted molar refractivity (Wildman–Crippen MR) is 110 cm³/mol. The van der Waals surface area contributed by atoms with Crippen LogP contribution >= 0.6 is 23.2 Å². The lowest BCUT2D eigenvalue weighted by atomic mass is 10.2. The van der Waals surface area contributed by atoms with E-state index in [1.807, 2.05) is 19.9 Å². The van der Waals surface area contributed by atoms with Gasteiger partial charge in [0.15, 0.2) is 0 Å². The molecule has 3 rings (SSSR count).